The second kappa shape index (κ2) is 16.8. The summed E-state index contributed by atoms with van der Waals surface area (Å²) in [6, 6.07) is -1.44. The van der Waals surface area contributed by atoms with Gasteiger partial charge in [-0.3, -0.25) is 4.79 Å². The van der Waals surface area contributed by atoms with Crippen LogP contribution < -0.4 is 5.32 Å². The van der Waals surface area contributed by atoms with Crippen molar-refractivity contribution in [3.8, 4) is 0 Å². The maximum Gasteiger partial charge on any atom is 0.217 e. The van der Waals surface area contributed by atoms with Crippen LogP contribution in [0, 0.1) is 0 Å². The first-order chi connectivity index (χ1) is 22.6. The topological polar surface area (TPSA) is 357 Å². The van der Waals surface area contributed by atoms with Crippen LogP contribution in [0.1, 0.15) is 6.92 Å². The molecule has 0 aromatic carbocycles. The van der Waals surface area contributed by atoms with Gasteiger partial charge in [0.25, 0.3) is 0 Å². The Morgan fingerprint density at radius 3 is 1.42 bits per heavy atom. The van der Waals surface area contributed by atoms with E-state index in [0.29, 0.717) is 0 Å². The van der Waals surface area contributed by atoms with Crippen molar-refractivity contribution in [2.75, 3.05) is 26.4 Å². The molecule has 0 saturated carbocycles. The van der Waals surface area contributed by atoms with Crippen molar-refractivity contribution in [2.45, 2.75) is 130 Å². The average molecular weight is 708 g/mol. The Hall–Kier alpha value is -1.33. The number of carbonyl (C=O) groups is 1. The van der Waals surface area contributed by atoms with Gasteiger partial charge in [-0.15, -0.1) is 0 Å². The molecule has 4 saturated heterocycles. The highest BCUT2D eigenvalue weighted by atomic mass is 16.8. The van der Waals surface area contributed by atoms with E-state index < -0.39 is 155 Å². The van der Waals surface area contributed by atoms with E-state index in [2.05, 4.69) is 5.32 Å². The van der Waals surface area contributed by atoms with Gasteiger partial charge in [-0.25, -0.2) is 0 Å². The highest BCUT2D eigenvalue weighted by Gasteiger charge is 2.52. The number of hydrogen-bond donors (Lipinski definition) is 14. The molecular formula is C26H45NO21. The average Bonchev–Trinajstić information content (AvgIpc) is 3.05. The molecule has 0 aromatic rings. The van der Waals surface area contributed by atoms with E-state index in [9.17, 15) is 71.2 Å². The lowest BCUT2D eigenvalue weighted by Gasteiger charge is -2.46. The summed E-state index contributed by atoms with van der Waals surface area (Å²) in [4.78, 5) is 11.6. The van der Waals surface area contributed by atoms with E-state index in [1.165, 1.54) is 0 Å². The van der Waals surface area contributed by atoms with Gasteiger partial charge < -0.3 is 105 Å². The zero-order valence-electron chi connectivity index (χ0n) is 25.5. The molecule has 22 heteroatoms. The van der Waals surface area contributed by atoms with Crippen LogP contribution in [0.3, 0.4) is 0 Å². The standard InChI is InChI=1S/C26H45NO21/c1-6(30)27-11-15(34)22(8(3-29)44-23(11)41)48-26-21(40)18(37)14(33)10(47-26)5-43-25-20(39)17(36)13(32)9(46-25)4-42-24-19(38)16(35)12(31)7(2-28)45-24/h7-26,28-29,31-41H,2-5H2,1H3,(H,27,30)/t7-,8-,9-,10-,11-,12-,13-,14-,15-,16+,17+,18+,19+,20+,21+,22-,23?,24+,25+,26+/m1/s1. The van der Waals surface area contributed by atoms with Crippen molar-refractivity contribution in [1.29, 1.82) is 0 Å². The first-order valence-corrected chi connectivity index (χ1v) is 15.1. The molecule has 0 spiro atoms. The van der Waals surface area contributed by atoms with Gasteiger partial charge in [-0.05, 0) is 0 Å². The molecule has 4 rings (SSSR count). The Bertz CT molecular complexity index is 1030. The van der Waals surface area contributed by atoms with Crippen molar-refractivity contribution in [3.63, 3.8) is 0 Å². The molecule has 4 aliphatic rings. The van der Waals surface area contributed by atoms with Crippen molar-refractivity contribution in [2.24, 2.45) is 0 Å². The highest BCUT2D eigenvalue weighted by molar-refractivity contribution is 5.73. The molecule has 4 aliphatic heterocycles. The number of rotatable bonds is 11. The van der Waals surface area contributed by atoms with Crippen LogP contribution in [-0.4, -0.2) is 221 Å². The van der Waals surface area contributed by atoms with E-state index in [1.54, 1.807) is 0 Å². The Morgan fingerprint density at radius 1 is 0.542 bits per heavy atom. The SMILES string of the molecule is CC(=O)N[C@H]1C(O)O[C@H](CO)[C@@H](O[C@@H]2O[C@H](CO[C@H]3O[C@H](CO[C@H]4O[C@H](CO)[C@@H](O)[C@H](O)[C@@H]4O)[C@@H](O)[C@H](O)[C@@H]3O)[C@@H](O)[C@H](O)[C@@H]2O)[C@@H]1O. The third-order valence-corrected chi connectivity index (χ3v) is 8.57. The number of aliphatic hydroxyl groups is 13. The van der Waals surface area contributed by atoms with Crippen LogP contribution in [0.4, 0.5) is 0 Å². The van der Waals surface area contributed by atoms with Crippen molar-refractivity contribution < 1.29 is 104 Å². The number of amides is 1. The molecule has 0 bridgehead atoms. The third kappa shape index (κ3) is 8.41. The zero-order valence-corrected chi connectivity index (χ0v) is 25.5. The highest BCUT2D eigenvalue weighted by Crippen LogP contribution is 2.30. The molecule has 4 fully saturated rings. The maximum atomic E-state index is 11.6. The fourth-order valence-electron chi connectivity index (χ4n) is 5.74. The summed E-state index contributed by atoms with van der Waals surface area (Å²) in [7, 11) is 0. The zero-order chi connectivity index (χ0) is 35.6. The number of nitrogens with one attached hydrogen (secondary N) is 1. The minimum absolute atomic E-state index is 0.650. The minimum Gasteiger partial charge on any atom is -0.394 e. The molecule has 280 valence electrons. The summed E-state index contributed by atoms with van der Waals surface area (Å²) >= 11 is 0. The Labute approximate surface area is 272 Å². The summed E-state index contributed by atoms with van der Waals surface area (Å²) in [5.41, 5.74) is 0. The number of aliphatic hydroxyl groups excluding tert-OH is 13. The lowest BCUT2D eigenvalue weighted by molar-refractivity contribution is -0.357. The first-order valence-electron chi connectivity index (χ1n) is 15.1. The van der Waals surface area contributed by atoms with Crippen LogP contribution in [0.2, 0.25) is 0 Å². The monoisotopic (exact) mass is 707 g/mol. The largest absolute Gasteiger partial charge is 0.394 e. The quantitative estimate of drug-likeness (QED) is 0.0947. The van der Waals surface area contributed by atoms with Gasteiger partial charge in [-0.2, -0.15) is 0 Å². The maximum absolute atomic E-state index is 11.6. The van der Waals surface area contributed by atoms with E-state index >= 15 is 0 Å². The number of hydrogen-bond acceptors (Lipinski definition) is 21. The molecule has 0 aliphatic carbocycles. The van der Waals surface area contributed by atoms with Gasteiger partial charge in [0.05, 0.1) is 26.4 Å². The van der Waals surface area contributed by atoms with Crippen LogP contribution in [0.5, 0.6) is 0 Å². The van der Waals surface area contributed by atoms with Crippen LogP contribution in [0.25, 0.3) is 0 Å². The lowest BCUT2D eigenvalue weighted by Crippen LogP contribution is -2.67. The molecule has 0 radical (unpaired) electrons. The Kier molecular flexibility index (Phi) is 13.8. The second-order valence-corrected chi connectivity index (χ2v) is 12.0. The normalized spacial score (nSPS) is 50.2. The predicted octanol–water partition coefficient (Wildman–Crippen LogP) is -9.61. The Morgan fingerprint density at radius 2 is 0.958 bits per heavy atom. The number of ether oxygens (including phenoxy) is 7. The van der Waals surface area contributed by atoms with E-state index in [4.69, 9.17) is 33.2 Å². The lowest BCUT2D eigenvalue weighted by atomic mass is 9.95. The molecule has 0 aromatic heterocycles. The summed E-state index contributed by atoms with van der Waals surface area (Å²) < 4.78 is 37.9. The van der Waals surface area contributed by atoms with E-state index in [-0.39, 0.29) is 0 Å². The van der Waals surface area contributed by atoms with Gasteiger partial charge in [0.1, 0.15) is 97.6 Å². The molecule has 1 amide bonds. The summed E-state index contributed by atoms with van der Waals surface area (Å²) in [5, 5.41) is 135. The van der Waals surface area contributed by atoms with Crippen LogP contribution >= 0.6 is 0 Å². The summed E-state index contributed by atoms with van der Waals surface area (Å²) in [6.07, 6.45) is -32.6. The molecule has 4 heterocycles. The minimum atomic E-state index is -1.95. The van der Waals surface area contributed by atoms with Crippen LogP contribution in [-0.2, 0) is 38.0 Å². The van der Waals surface area contributed by atoms with Gasteiger partial charge >= 0.3 is 0 Å². The molecular weight excluding hydrogens is 662 g/mol. The molecule has 1 unspecified atom stereocenters. The molecule has 22 nitrogen and oxygen atoms in total. The van der Waals surface area contributed by atoms with Crippen molar-refractivity contribution in [3.05, 3.63) is 0 Å². The van der Waals surface area contributed by atoms with Gasteiger partial charge in [-0.1, -0.05) is 0 Å². The van der Waals surface area contributed by atoms with Gasteiger partial charge in [0.2, 0.25) is 5.91 Å². The van der Waals surface area contributed by atoms with E-state index in [0.717, 1.165) is 6.92 Å². The molecule has 48 heavy (non-hydrogen) atoms. The van der Waals surface area contributed by atoms with Gasteiger partial charge in [0.15, 0.2) is 25.2 Å². The van der Waals surface area contributed by atoms with Crippen molar-refractivity contribution in [1.82, 2.24) is 5.32 Å². The molecule has 20 atom stereocenters. The first kappa shape index (κ1) is 39.5. The predicted molar refractivity (Wildman–Crippen MR) is 145 cm³/mol. The molecule has 14 N–H and O–H groups in total. The van der Waals surface area contributed by atoms with Crippen molar-refractivity contribution >= 4 is 5.91 Å². The third-order valence-electron chi connectivity index (χ3n) is 8.57. The fraction of sp³-hybridized carbons (Fsp3) is 0.962. The summed E-state index contributed by atoms with van der Waals surface area (Å²) in [6.45, 7) is -1.82. The smallest absolute Gasteiger partial charge is 0.217 e. The van der Waals surface area contributed by atoms with E-state index in [1.807, 2.05) is 0 Å². The summed E-state index contributed by atoms with van der Waals surface area (Å²) in [5.74, 6) is -0.653. The Balaban J connectivity index is 1.39. The second-order valence-electron chi connectivity index (χ2n) is 12.0. The fourth-order valence-corrected chi connectivity index (χ4v) is 5.74. The number of carbonyl (C=O) groups excluding carboxylic acids is 1. The van der Waals surface area contributed by atoms with Gasteiger partial charge in [0, 0.05) is 6.92 Å². The van der Waals surface area contributed by atoms with Crippen LogP contribution in [0.15, 0.2) is 0 Å².